The lowest BCUT2D eigenvalue weighted by Gasteiger charge is -2.20. The number of benzene rings is 1. The molecule has 0 aliphatic rings. The molecule has 0 fully saturated rings. The molecule has 1 atom stereocenters. The second-order valence-electron chi connectivity index (χ2n) is 6.27. The number of fused-ring (bicyclic) bond motifs is 1. The minimum Gasteiger partial charge on any atom is -0.335 e. The van der Waals surface area contributed by atoms with Crippen LogP contribution in [-0.2, 0) is 11.0 Å². The molecule has 0 saturated heterocycles. The van der Waals surface area contributed by atoms with Gasteiger partial charge in [0, 0.05) is 5.69 Å². The Morgan fingerprint density at radius 2 is 2.04 bits per heavy atom. The van der Waals surface area contributed by atoms with Crippen molar-refractivity contribution in [3.05, 3.63) is 51.7 Å². The van der Waals surface area contributed by atoms with E-state index in [0.717, 1.165) is 12.1 Å². The SMILES string of the molecule is CC[C@@H](C(=O)Nc1cccc(C(F)(F)F)c1)n1c(C)nc2onc(C)c2c1=O. The van der Waals surface area contributed by atoms with Gasteiger partial charge in [-0.15, -0.1) is 0 Å². The molecule has 3 rings (SSSR count). The standard InChI is InChI=1S/C18H17F3N4O3/c1-4-13(15(26)23-12-7-5-6-11(8-12)18(19,20)21)25-10(3)22-16-14(17(25)27)9(2)24-28-16/h5-8,13H,4H2,1-3H3,(H,23,26)/t13-/m0/s1. The molecule has 0 aliphatic heterocycles. The fourth-order valence-electron chi connectivity index (χ4n) is 3.00. The number of alkyl halides is 3. The highest BCUT2D eigenvalue weighted by atomic mass is 19.4. The Morgan fingerprint density at radius 3 is 2.68 bits per heavy atom. The molecule has 28 heavy (non-hydrogen) atoms. The van der Waals surface area contributed by atoms with Crippen molar-refractivity contribution in [2.24, 2.45) is 0 Å². The Bertz CT molecular complexity index is 1100. The summed E-state index contributed by atoms with van der Waals surface area (Å²) in [7, 11) is 0. The number of rotatable bonds is 4. The lowest BCUT2D eigenvalue weighted by Crippen LogP contribution is -2.35. The van der Waals surface area contributed by atoms with E-state index in [1.165, 1.54) is 16.7 Å². The van der Waals surface area contributed by atoms with Crippen LogP contribution in [0.1, 0.15) is 36.5 Å². The van der Waals surface area contributed by atoms with Gasteiger partial charge in [-0.1, -0.05) is 18.1 Å². The average molecular weight is 394 g/mol. The van der Waals surface area contributed by atoms with Crippen LogP contribution in [0.2, 0.25) is 0 Å². The van der Waals surface area contributed by atoms with Gasteiger partial charge in [0.25, 0.3) is 11.3 Å². The Hall–Kier alpha value is -3.17. The topological polar surface area (TPSA) is 90.0 Å². The first kappa shape index (κ1) is 19.6. The second kappa shape index (κ2) is 7.10. The second-order valence-corrected chi connectivity index (χ2v) is 6.27. The van der Waals surface area contributed by atoms with Crippen LogP contribution in [0.4, 0.5) is 18.9 Å². The zero-order chi connectivity index (χ0) is 20.6. The summed E-state index contributed by atoms with van der Waals surface area (Å²) in [6.45, 7) is 4.81. The maximum absolute atomic E-state index is 12.9. The normalized spacial score (nSPS) is 12.9. The maximum atomic E-state index is 12.9. The van der Waals surface area contributed by atoms with Gasteiger partial charge < -0.3 is 9.84 Å². The fourth-order valence-corrected chi connectivity index (χ4v) is 3.00. The van der Waals surface area contributed by atoms with Crippen LogP contribution in [0, 0.1) is 13.8 Å². The summed E-state index contributed by atoms with van der Waals surface area (Å²) in [5.41, 5.74) is -0.972. The van der Waals surface area contributed by atoms with Crippen LogP contribution in [0.5, 0.6) is 0 Å². The quantitative estimate of drug-likeness (QED) is 0.730. The Labute approximate surface area is 157 Å². The molecule has 148 valence electrons. The summed E-state index contributed by atoms with van der Waals surface area (Å²) in [4.78, 5) is 29.8. The number of aryl methyl sites for hydroxylation is 2. The number of carbonyl (C=O) groups is 1. The number of nitrogens with zero attached hydrogens (tertiary/aromatic N) is 3. The smallest absolute Gasteiger partial charge is 0.335 e. The summed E-state index contributed by atoms with van der Waals surface area (Å²) < 4.78 is 44.8. The average Bonchev–Trinajstić information content (AvgIpc) is 2.98. The molecule has 0 saturated carbocycles. The largest absolute Gasteiger partial charge is 0.416 e. The first-order chi connectivity index (χ1) is 13.1. The molecule has 1 aromatic carbocycles. The number of carbonyl (C=O) groups excluding carboxylic acids is 1. The summed E-state index contributed by atoms with van der Waals surface area (Å²) in [5.74, 6) is -0.387. The predicted octanol–water partition coefficient (Wildman–Crippen LogP) is 3.61. The zero-order valence-electron chi connectivity index (χ0n) is 15.3. The summed E-state index contributed by atoms with van der Waals surface area (Å²) in [5, 5.41) is 6.32. The molecule has 0 unspecified atom stereocenters. The Morgan fingerprint density at radius 1 is 1.32 bits per heavy atom. The third-order valence-electron chi connectivity index (χ3n) is 4.35. The van der Waals surface area contributed by atoms with Crippen LogP contribution in [-0.4, -0.2) is 20.6 Å². The van der Waals surface area contributed by atoms with Gasteiger partial charge in [0.2, 0.25) is 5.91 Å². The summed E-state index contributed by atoms with van der Waals surface area (Å²) in [6.07, 6.45) is -4.30. The van der Waals surface area contributed by atoms with Crippen LogP contribution in [0.15, 0.2) is 33.6 Å². The molecule has 2 aromatic heterocycles. The van der Waals surface area contributed by atoms with E-state index < -0.39 is 29.2 Å². The number of amides is 1. The first-order valence-electron chi connectivity index (χ1n) is 8.46. The van der Waals surface area contributed by atoms with E-state index in [1.807, 2.05) is 0 Å². The van der Waals surface area contributed by atoms with Gasteiger partial charge in [0.1, 0.15) is 17.3 Å². The number of aromatic nitrogens is 3. The van der Waals surface area contributed by atoms with Gasteiger partial charge in [-0.2, -0.15) is 18.2 Å². The minimum absolute atomic E-state index is 0.0147. The molecular weight excluding hydrogens is 377 g/mol. The molecule has 0 radical (unpaired) electrons. The number of nitrogens with one attached hydrogen (secondary N) is 1. The monoisotopic (exact) mass is 394 g/mol. The fraction of sp³-hybridized carbons (Fsp3) is 0.333. The van der Waals surface area contributed by atoms with Gasteiger partial charge in [0.05, 0.1) is 11.3 Å². The highest BCUT2D eigenvalue weighted by Gasteiger charge is 2.31. The molecule has 1 amide bonds. The van der Waals surface area contributed by atoms with Crippen molar-refractivity contribution in [1.82, 2.24) is 14.7 Å². The lowest BCUT2D eigenvalue weighted by atomic mass is 10.1. The van der Waals surface area contributed by atoms with E-state index in [0.29, 0.717) is 5.69 Å². The number of hydrogen-bond acceptors (Lipinski definition) is 5. The van der Waals surface area contributed by atoms with Crippen LogP contribution in [0.3, 0.4) is 0 Å². The van der Waals surface area contributed by atoms with Crippen molar-refractivity contribution in [2.45, 2.75) is 39.4 Å². The van der Waals surface area contributed by atoms with Gasteiger partial charge in [-0.05, 0) is 38.5 Å². The molecule has 0 aliphatic carbocycles. The lowest BCUT2D eigenvalue weighted by molar-refractivity contribution is -0.137. The molecule has 0 spiro atoms. The van der Waals surface area contributed by atoms with Crippen molar-refractivity contribution in [3.8, 4) is 0 Å². The Kier molecular flexibility index (Phi) is 4.97. The van der Waals surface area contributed by atoms with Crippen LogP contribution in [0.25, 0.3) is 11.1 Å². The van der Waals surface area contributed by atoms with E-state index in [-0.39, 0.29) is 29.0 Å². The van der Waals surface area contributed by atoms with E-state index in [4.69, 9.17) is 4.52 Å². The molecular formula is C18H17F3N4O3. The van der Waals surface area contributed by atoms with E-state index in [2.05, 4.69) is 15.5 Å². The van der Waals surface area contributed by atoms with Crippen LogP contribution >= 0.6 is 0 Å². The molecule has 0 bridgehead atoms. The van der Waals surface area contributed by atoms with E-state index in [9.17, 15) is 22.8 Å². The van der Waals surface area contributed by atoms with Crippen molar-refractivity contribution in [3.63, 3.8) is 0 Å². The molecule has 3 aromatic rings. The summed E-state index contributed by atoms with van der Waals surface area (Å²) in [6, 6.07) is 3.33. The molecule has 1 N–H and O–H groups in total. The Balaban J connectivity index is 1.98. The highest BCUT2D eigenvalue weighted by molar-refractivity contribution is 5.94. The summed E-state index contributed by atoms with van der Waals surface area (Å²) >= 11 is 0. The number of anilines is 1. The van der Waals surface area contributed by atoms with Crippen molar-refractivity contribution in [2.75, 3.05) is 5.32 Å². The van der Waals surface area contributed by atoms with Gasteiger partial charge in [-0.3, -0.25) is 14.2 Å². The van der Waals surface area contributed by atoms with E-state index in [1.54, 1.807) is 20.8 Å². The van der Waals surface area contributed by atoms with Gasteiger partial charge in [0.15, 0.2) is 0 Å². The molecule has 2 heterocycles. The number of halogens is 3. The third-order valence-corrected chi connectivity index (χ3v) is 4.35. The van der Waals surface area contributed by atoms with Crippen LogP contribution < -0.4 is 10.9 Å². The predicted molar refractivity (Wildman–Crippen MR) is 94.9 cm³/mol. The van der Waals surface area contributed by atoms with Crippen molar-refractivity contribution in [1.29, 1.82) is 0 Å². The van der Waals surface area contributed by atoms with Crippen molar-refractivity contribution < 1.29 is 22.5 Å². The first-order valence-corrected chi connectivity index (χ1v) is 8.46. The van der Waals surface area contributed by atoms with E-state index >= 15 is 0 Å². The maximum Gasteiger partial charge on any atom is 0.416 e. The van der Waals surface area contributed by atoms with Gasteiger partial charge in [-0.25, -0.2) is 0 Å². The third kappa shape index (κ3) is 3.49. The highest BCUT2D eigenvalue weighted by Crippen LogP contribution is 2.31. The number of hydrogen-bond donors (Lipinski definition) is 1. The van der Waals surface area contributed by atoms with Crippen molar-refractivity contribution >= 4 is 22.7 Å². The minimum atomic E-state index is -4.53. The molecule has 7 nitrogen and oxygen atoms in total. The zero-order valence-corrected chi connectivity index (χ0v) is 15.3. The van der Waals surface area contributed by atoms with Gasteiger partial charge >= 0.3 is 6.18 Å². The molecule has 10 heteroatoms.